The maximum Gasteiger partial charge on any atom is 0.258 e. The van der Waals surface area contributed by atoms with Crippen LogP contribution in [-0.2, 0) is 0 Å². The first-order valence-electron chi connectivity index (χ1n) is 6.96. The number of benzene rings is 1. The first kappa shape index (κ1) is 14.7. The van der Waals surface area contributed by atoms with Crippen molar-refractivity contribution in [2.24, 2.45) is 5.92 Å². The number of piperidine rings is 1. The van der Waals surface area contributed by atoms with Crippen LogP contribution in [0.2, 0.25) is 0 Å². The summed E-state index contributed by atoms with van der Waals surface area (Å²) in [5.41, 5.74) is 0.464. The molecule has 5 heteroatoms. The van der Waals surface area contributed by atoms with Gasteiger partial charge in [0.2, 0.25) is 0 Å². The van der Waals surface area contributed by atoms with Crippen molar-refractivity contribution in [2.75, 3.05) is 33.9 Å². The second kappa shape index (κ2) is 7.14. The molecule has 1 heterocycles. The van der Waals surface area contributed by atoms with Crippen LogP contribution in [0.25, 0.3) is 0 Å². The number of carbonyl (C=O) groups is 1. The first-order chi connectivity index (χ1) is 9.76. The van der Waals surface area contributed by atoms with E-state index in [1.807, 2.05) is 0 Å². The summed E-state index contributed by atoms with van der Waals surface area (Å²) >= 11 is 0. The average Bonchev–Trinajstić information content (AvgIpc) is 2.52. The summed E-state index contributed by atoms with van der Waals surface area (Å²) in [5, 5.41) is 6.31. The molecule has 2 rings (SSSR count). The number of nitrogens with one attached hydrogen (secondary N) is 2. The molecule has 5 nitrogen and oxygen atoms in total. The van der Waals surface area contributed by atoms with Gasteiger partial charge in [0.25, 0.3) is 5.91 Å². The number of carbonyl (C=O) groups excluding carboxylic acids is 1. The lowest BCUT2D eigenvalue weighted by Crippen LogP contribution is -2.36. The fourth-order valence-electron chi connectivity index (χ4n) is 2.49. The number of rotatable bonds is 5. The van der Waals surface area contributed by atoms with Gasteiger partial charge in [-0.1, -0.05) is 6.07 Å². The summed E-state index contributed by atoms with van der Waals surface area (Å²) in [6.45, 7) is 2.75. The number of hydrogen-bond donors (Lipinski definition) is 2. The standard InChI is InChI=1S/C15H22N2O3/c1-19-12-4-3-5-13(20-2)14(12)15(18)17-10-11-6-8-16-9-7-11/h3-5,11,16H,6-10H2,1-2H3,(H,17,18). The molecule has 1 aliphatic heterocycles. The topological polar surface area (TPSA) is 59.6 Å². The maximum atomic E-state index is 12.4. The molecule has 1 amide bonds. The minimum atomic E-state index is -0.141. The molecule has 0 aliphatic carbocycles. The van der Waals surface area contributed by atoms with Gasteiger partial charge >= 0.3 is 0 Å². The zero-order valence-electron chi connectivity index (χ0n) is 12.1. The minimum Gasteiger partial charge on any atom is -0.496 e. The van der Waals surface area contributed by atoms with Crippen LogP contribution >= 0.6 is 0 Å². The maximum absolute atomic E-state index is 12.4. The van der Waals surface area contributed by atoms with Gasteiger partial charge in [-0.15, -0.1) is 0 Å². The fraction of sp³-hybridized carbons (Fsp3) is 0.533. The van der Waals surface area contributed by atoms with Crippen molar-refractivity contribution in [3.63, 3.8) is 0 Å². The highest BCUT2D eigenvalue weighted by molar-refractivity contribution is 5.99. The van der Waals surface area contributed by atoms with Crippen LogP contribution in [0, 0.1) is 5.92 Å². The van der Waals surface area contributed by atoms with E-state index >= 15 is 0 Å². The number of ether oxygens (including phenoxy) is 2. The van der Waals surface area contributed by atoms with Crippen molar-refractivity contribution in [1.29, 1.82) is 0 Å². The van der Waals surface area contributed by atoms with Crippen LogP contribution < -0.4 is 20.1 Å². The lowest BCUT2D eigenvalue weighted by atomic mass is 9.98. The molecule has 0 atom stereocenters. The Kier molecular flexibility index (Phi) is 5.24. The van der Waals surface area contributed by atoms with E-state index in [-0.39, 0.29) is 5.91 Å². The number of hydrogen-bond acceptors (Lipinski definition) is 4. The van der Waals surface area contributed by atoms with E-state index in [1.165, 1.54) is 0 Å². The molecule has 0 unspecified atom stereocenters. The third-order valence-electron chi connectivity index (χ3n) is 3.66. The Morgan fingerprint density at radius 3 is 2.40 bits per heavy atom. The van der Waals surface area contributed by atoms with Crippen molar-refractivity contribution in [3.05, 3.63) is 23.8 Å². The Labute approximate surface area is 119 Å². The summed E-state index contributed by atoms with van der Waals surface area (Å²) in [7, 11) is 3.11. The van der Waals surface area contributed by atoms with Gasteiger partial charge in [0.1, 0.15) is 17.1 Å². The SMILES string of the molecule is COc1cccc(OC)c1C(=O)NCC1CCNCC1. The molecular weight excluding hydrogens is 256 g/mol. The van der Waals surface area contributed by atoms with Gasteiger partial charge < -0.3 is 20.1 Å². The molecule has 0 spiro atoms. The highest BCUT2D eigenvalue weighted by Crippen LogP contribution is 2.28. The summed E-state index contributed by atoms with van der Waals surface area (Å²) in [6.07, 6.45) is 2.20. The van der Waals surface area contributed by atoms with Gasteiger partial charge in [-0.2, -0.15) is 0 Å². The van der Waals surface area contributed by atoms with Crippen LogP contribution in [0.1, 0.15) is 23.2 Å². The van der Waals surface area contributed by atoms with Crippen LogP contribution in [0.5, 0.6) is 11.5 Å². The number of methoxy groups -OCH3 is 2. The van der Waals surface area contributed by atoms with Crippen LogP contribution in [-0.4, -0.2) is 39.8 Å². The van der Waals surface area contributed by atoms with E-state index in [2.05, 4.69) is 10.6 Å². The van der Waals surface area contributed by atoms with E-state index in [4.69, 9.17) is 9.47 Å². The van der Waals surface area contributed by atoms with Crippen molar-refractivity contribution in [2.45, 2.75) is 12.8 Å². The van der Waals surface area contributed by atoms with Crippen molar-refractivity contribution < 1.29 is 14.3 Å². The average molecular weight is 278 g/mol. The molecule has 0 aromatic heterocycles. The second-order valence-corrected chi connectivity index (χ2v) is 4.94. The highest BCUT2D eigenvalue weighted by Gasteiger charge is 2.20. The third-order valence-corrected chi connectivity index (χ3v) is 3.66. The van der Waals surface area contributed by atoms with E-state index in [9.17, 15) is 4.79 Å². The zero-order valence-corrected chi connectivity index (χ0v) is 12.1. The predicted molar refractivity (Wildman–Crippen MR) is 77.5 cm³/mol. The molecule has 20 heavy (non-hydrogen) atoms. The largest absolute Gasteiger partial charge is 0.496 e. The van der Waals surface area contributed by atoms with Crippen LogP contribution in [0.4, 0.5) is 0 Å². The van der Waals surface area contributed by atoms with Crippen molar-refractivity contribution >= 4 is 5.91 Å². The Morgan fingerprint density at radius 2 is 1.85 bits per heavy atom. The fourth-order valence-corrected chi connectivity index (χ4v) is 2.49. The molecule has 1 saturated heterocycles. The molecule has 0 radical (unpaired) electrons. The summed E-state index contributed by atoms with van der Waals surface area (Å²) in [4.78, 5) is 12.4. The Balaban J connectivity index is 2.04. The molecule has 2 N–H and O–H groups in total. The first-order valence-corrected chi connectivity index (χ1v) is 6.96. The Hall–Kier alpha value is -1.75. The lowest BCUT2D eigenvalue weighted by Gasteiger charge is -2.23. The highest BCUT2D eigenvalue weighted by atomic mass is 16.5. The molecule has 0 saturated carbocycles. The lowest BCUT2D eigenvalue weighted by molar-refractivity contribution is 0.0938. The zero-order chi connectivity index (χ0) is 14.4. The summed E-state index contributed by atoms with van der Waals surface area (Å²) < 4.78 is 10.5. The Bertz CT molecular complexity index is 434. The molecule has 1 fully saturated rings. The van der Waals surface area contributed by atoms with E-state index in [0.717, 1.165) is 25.9 Å². The monoisotopic (exact) mass is 278 g/mol. The summed E-state index contributed by atoms with van der Waals surface area (Å²) in [5.74, 6) is 1.47. The third kappa shape index (κ3) is 3.42. The molecule has 0 bridgehead atoms. The van der Waals surface area contributed by atoms with Gasteiger partial charge in [0.15, 0.2) is 0 Å². The quantitative estimate of drug-likeness (QED) is 0.855. The van der Waals surface area contributed by atoms with Gasteiger partial charge in [-0.25, -0.2) is 0 Å². The van der Waals surface area contributed by atoms with E-state index in [1.54, 1.807) is 32.4 Å². The molecule has 1 aromatic rings. The Morgan fingerprint density at radius 1 is 1.25 bits per heavy atom. The summed E-state index contributed by atoms with van der Waals surface area (Å²) in [6, 6.07) is 5.34. The van der Waals surface area contributed by atoms with Gasteiger partial charge in [0, 0.05) is 6.54 Å². The molecular formula is C15H22N2O3. The normalized spacial score (nSPS) is 15.7. The van der Waals surface area contributed by atoms with Crippen molar-refractivity contribution in [1.82, 2.24) is 10.6 Å². The van der Waals surface area contributed by atoms with E-state index < -0.39 is 0 Å². The number of amides is 1. The predicted octanol–water partition coefficient (Wildman–Crippen LogP) is 1.43. The second-order valence-electron chi connectivity index (χ2n) is 4.94. The van der Waals surface area contributed by atoms with Crippen LogP contribution in [0.3, 0.4) is 0 Å². The smallest absolute Gasteiger partial charge is 0.258 e. The molecule has 1 aliphatic rings. The van der Waals surface area contributed by atoms with Gasteiger partial charge in [-0.3, -0.25) is 4.79 Å². The van der Waals surface area contributed by atoms with Gasteiger partial charge in [-0.05, 0) is 44.0 Å². The van der Waals surface area contributed by atoms with Crippen LogP contribution in [0.15, 0.2) is 18.2 Å². The minimum absolute atomic E-state index is 0.141. The van der Waals surface area contributed by atoms with Gasteiger partial charge in [0.05, 0.1) is 14.2 Å². The van der Waals surface area contributed by atoms with E-state index in [0.29, 0.717) is 29.5 Å². The van der Waals surface area contributed by atoms with Crippen molar-refractivity contribution in [3.8, 4) is 11.5 Å². The molecule has 1 aromatic carbocycles. The molecule has 110 valence electrons.